The van der Waals surface area contributed by atoms with Gasteiger partial charge in [-0.3, -0.25) is 9.59 Å². The van der Waals surface area contributed by atoms with Gasteiger partial charge in [0.25, 0.3) is 0 Å². The van der Waals surface area contributed by atoms with E-state index in [1.807, 2.05) is 6.07 Å². The maximum absolute atomic E-state index is 11.8. The second-order valence-electron chi connectivity index (χ2n) is 3.53. The van der Waals surface area contributed by atoms with Crippen molar-refractivity contribution in [2.24, 2.45) is 0 Å². The number of ketones is 1. The Morgan fingerprint density at radius 2 is 2.31 bits per heavy atom. The Labute approximate surface area is 106 Å². The number of nitrogens with one attached hydrogen (secondary N) is 1. The van der Waals surface area contributed by atoms with Gasteiger partial charge in [-0.05, 0) is 25.1 Å². The molecule has 3 nitrogen and oxygen atoms in total. The third-order valence-corrected chi connectivity index (χ3v) is 3.73. The van der Waals surface area contributed by atoms with Crippen molar-refractivity contribution in [1.82, 2.24) is 0 Å². The number of carbonyl (C=O) groups is 2. The first-order chi connectivity index (χ1) is 7.58. The Balaban J connectivity index is 2.33. The van der Waals surface area contributed by atoms with Gasteiger partial charge < -0.3 is 5.32 Å². The SMILES string of the molecule is CC(Br)C(=O)c1ccc2c(c1)SCC(=O)N2. The van der Waals surface area contributed by atoms with Crippen LogP contribution in [-0.2, 0) is 4.79 Å². The Hall–Kier alpha value is -0.810. The number of thioether (sulfide) groups is 1. The lowest BCUT2D eigenvalue weighted by Gasteiger charge is -2.16. The van der Waals surface area contributed by atoms with Crippen molar-refractivity contribution in [3.05, 3.63) is 23.8 Å². The molecule has 1 atom stereocenters. The smallest absolute Gasteiger partial charge is 0.234 e. The highest BCUT2D eigenvalue weighted by atomic mass is 79.9. The normalized spacial score (nSPS) is 16.2. The molecule has 0 aromatic heterocycles. The minimum Gasteiger partial charge on any atom is -0.324 e. The molecule has 0 fully saturated rings. The summed E-state index contributed by atoms with van der Waals surface area (Å²) in [5.41, 5.74) is 1.46. The van der Waals surface area contributed by atoms with Gasteiger partial charge >= 0.3 is 0 Å². The molecule has 16 heavy (non-hydrogen) atoms. The van der Waals surface area contributed by atoms with E-state index in [0.717, 1.165) is 10.6 Å². The molecule has 1 amide bonds. The lowest BCUT2D eigenvalue weighted by Crippen LogP contribution is -2.19. The first-order valence-corrected chi connectivity index (χ1v) is 6.73. The van der Waals surface area contributed by atoms with Crippen LogP contribution in [0.5, 0.6) is 0 Å². The number of hydrogen-bond donors (Lipinski definition) is 1. The molecule has 0 aliphatic carbocycles. The Bertz CT molecular complexity index is 459. The van der Waals surface area contributed by atoms with E-state index in [1.165, 1.54) is 11.8 Å². The highest BCUT2D eigenvalue weighted by molar-refractivity contribution is 9.10. The molecule has 1 aliphatic heterocycles. The van der Waals surface area contributed by atoms with Gasteiger partial charge in [-0.25, -0.2) is 0 Å². The molecule has 1 aromatic carbocycles. The van der Waals surface area contributed by atoms with Gasteiger partial charge in [-0.15, -0.1) is 11.8 Å². The standard InChI is InChI=1S/C11H10BrNO2S/c1-6(12)11(15)7-2-3-8-9(4-7)16-5-10(14)13-8/h2-4,6H,5H2,1H3,(H,13,14). The summed E-state index contributed by atoms with van der Waals surface area (Å²) < 4.78 is 0. The van der Waals surface area contributed by atoms with Crippen LogP contribution in [0.3, 0.4) is 0 Å². The van der Waals surface area contributed by atoms with Crippen molar-refractivity contribution in [3.8, 4) is 0 Å². The maximum atomic E-state index is 11.8. The third kappa shape index (κ3) is 2.30. The second kappa shape index (κ2) is 4.59. The number of amides is 1. The molecule has 0 radical (unpaired) electrons. The van der Waals surface area contributed by atoms with Crippen LogP contribution in [0.2, 0.25) is 0 Å². The largest absolute Gasteiger partial charge is 0.324 e. The van der Waals surface area contributed by atoms with Crippen LogP contribution in [0.15, 0.2) is 23.1 Å². The fourth-order valence-corrected chi connectivity index (χ4v) is 2.57. The number of hydrogen-bond acceptors (Lipinski definition) is 3. The van der Waals surface area contributed by atoms with E-state index in [-0.39, 0.29) is 16.5 Å². The van der Waals surface area contributed by atoms with Gasteiger partial charge in [0.05, 0.1) is 16.3 Å². The van der Waals surface area contributed by atoms with E-state index in [0.29, 0.717) is 11.3 Å². The fraction of sp³-hybridized carbons (Fsp3) is 0.273. The zero-order valence-electron chi connectivity index (χ0n) is 8.62. The molecule has 0 saturated heterocycles. The van der Waals surface area contributed by atoms with E-state index in [4.69, 9.17) is 0 Å². The summed E-state index contributed by atoms with van der Waals surface area (Å²) in [4.78, 5) is 23.7. The maximum Gasteiger partial charge on any atom is 0.234 e. The number of anilines is 1. The highest BCUT2D eigenvalue weighted by Crippen LogP contribution is 2.32. The number of Topliss-reactive ketones (excluding diaryl/α,β-unsaturated/α-hetero) is 1. The number of rotatable bonds is 2. The summed E-state index contributed by atoms with van der Waals surface area (Å²) in [7, 11) is 0. The van der Waals surface area contributed by atoms with Crippen LogP contribution in [0.4, 0.5) is 5.69 Å². The van der Waals surface area contributed by atoms with E-state index in [9.17, 15) is 9.59 Å². The summed E-state index contributed by atoms with van der Waals surface area (Å²) >= 11 is 4.72. The molecular formula is C11H10BrNO2S. The van der Waals surface area contributed by atoms with E-state index < -0.39 is 0 Å². The van der Waals surface area contributed by atoms with Crippen molar-refractivity contribution >= 4 is 45.1 Å². The van der Waals surface area contributed by atoms with Crippen molar-refractivity contribution in [2.45, 2.75) is 16.6 Å². The number of benzene rings is 1. The third-order valence-electron chi connectivity index (χ3n) is 2.26. The Morgan fingerprint density at radius 1 is 1.56 bits per heavy atom. The molecule has 1 aromatic rings. The molecule has 5 heteroatoms. The number of halogens is 1. The molecule has 1 N–H and O–H groups in total. The predicted molar refractivity (Wildman–Crippen MR) is 68.5 cm³/mol. The monoisotopic (exact) mass is 299 g/mol. The van der Waals surface area contributed by atoms with Crippen molar-refractivity contribution in [2.75, 3.05) is 11.1 Å². The summed E-state index contributed by atoms with van der Waals surface area (Å²) in [6.45, 7) is 1.80. The van der Waals surface area contributed by atoms with Gasteiger partial charge in [0.1, 0.15) is 0 Å². The molecule has 1 unspecified atom stereocenters. The van der Waals surface area contributed by atoms with Crippen LogP contribution >= 0.6 is 27.7 Å². The fourth-order valence-electron chi connectivity index (χ4n) is 1.46. The zero-order chi connectivity index (χ0) is 11.7. The van der Waals surface area contributed by atoms with Gasteiger partial charge in [0.15, 0.2) is 5.78 Å². The number of alkyl halides is 1. The predicted octanol–water partition coefficient (Wildman–Crippen LogP) is 2.70. The summed E-state index contributed by atoms with van der Waals surface area (Å²) in [5.74, 6) is 0.472. The van der Waals surface area contributed by atoms with Gasteiger partial charge in [0, 0.05) is 10.5 Å². The Kier molecular flexibility index (Phi) is 3.35. The minimum atomic E-state index is -0.186. The molecule has 1 aliphatic rings. The van der Waals surface area contributed by atoms with Crippen LogP contribution < -0.4 is 5.32 Å². The van der Waals surface area contributed by atoms with Crippen molar-refractivity contribution in [3.63, 3.8) is 0 Å². The first-order valence-electron chi connectivity index (χ1n) is 4.83. The molecular weight excluding hydrogens is 290 g/mol. The zero-order valence-corrected chi connectivity index (χ0v) is 11.0. The van der Waals surface area contributed by atoms with Crippen LogP contribution in [-0.4, -0.2) is 22.3 Å². The van der Waals surface area contributed by atoms with Gasteiger partial charge in [-0.1, -0.05) is 15.9 Å². The van der Waals surface area contributed by atoms with E-state index >= 15 is 0 Å². The molecule has 84 valence electrons. The Morgan fingerprint density at radius 3 is 3.00 bits per heavy atom. The quantitative estimate of drug-likeness (QED) is 0.675. The highest BCUT2D eigenvalue weighted by Gasteiger charge is 2.18. The molecule has 2 rings (SSSR count). The second-order valence-corrected chi connectivity index (χ2v) is 5.92. The molecule has 0 bridgehead atoms. The van der Waals surface area contributed by atoms with Crippen LogP contribution in [0.25, 0.3) is 0 Å². The lowest BCUT2D eigenvalue weighted by atomic mass is 10.1. The molecule has 0 saturated carbocycles. The summed E-state index contributed by atoms with van der Waals surface area (Å²) in [6, 6.07) is 5.35. The van der Waals surface area contributed by atoms with Gasteiger partial charge in [-0.2, -0.15) is 0 Å². The average Bonchev–Trinajstić information content (AvgIpc) is 2.27. The number of carbonyl (C=O) groups excluding carboxylic acids is 2. The summed E-state index contributed by atoms with van der Waals surface area (Å²) in [5, 5.41) is 2.77. The average molecular weight is 300 g/mol. The van der Waals surface area contributed by atoms with Crippen molar-refractivity contribution in [1.29, 1.82) is 0 Å². The first kappa shape index (κ1) is 11.7. The van der Waals surface area contributed by atoms with Crippen molar-refractivity contribution < 1.29 is 9.59 Å². The number of fused-ring (bicyclic) bond motifs is 1. The van der Waals surface area contributed by atoms with E-state index in [2.05, 4.69) is 21.2 Å². The van der Waals surface area contributed by atoms with Crippen LogP contribution in [0, 0.1) is 0 Å². The lowest BCUT2D eigenvalue weighted by molar-refractivity contribution is -0.113. The topological polar surface area (TPSA) is 46.2 Å². The van der Waals surface area contributed by atoms with Gasteiger partial charge in [0.2, 0.25) is 5.91 Å². The van der Waals surface area contributed by atoms with Crippen LogP contribution in [0.1, 0.15) is 17.3 Å². The molecule has 0 spiro atoms. The summed E-state index contributed by atoms with van der Waals surface area (Å²) in [6.07, 6.45) is 0. The minimum absolute atomic E-state index is 0.00503. The van der Waals surface area contributed by atoms with E-state index in [1.54, 1.807) is 19.1 Å². The molecule has 1 heterocycles.